The van der Waals surface area contributed by atoms with E-state index in [1.165, 1.54) is 18.5 Å². The second kappa shape index (κ2) is 7.19. The van der Waals surface area contributed by atoms with Gasteiger partial charge in [-0.1, -0.05) is 6.07 Å². The fourth-order valence-electron chi connectivity index (χ4n) is 4.61. The third-order valence-electron chi connectivity index (χ3n) is 5.92. The highest BCUT2D eigenvalue weighted by molar-refractivity contribution is 6.00. The summed E-state index contributed by atoms with van der Waals surface area (Å²) in [6, 6.07) is 6.49. The molecule has 2 unspecified atom stereocenters. The summed E-state index contributed by atoms with van der Waals surface area (Å²) in [6.07, 6.45) is 2.90. The third-order valence-corrected chi connectivity index (χ3v) is 5.92. The molecule has 154 valence electrons. The van der Waals surface area contributed by atoms with Crippen molar-refractivity contribution < 1.29 is 13.6 Å². The van der Waals surface area contributed by atoms with Gasteiger partial charge in [-0.3, -0.25) is 4.79 Å². The van der Waals surface area contributed by atoms with Crippen molar-refractivity contribution >= 4 is 11.9 Å². The molecule has 0 radical (unpaired) electrons. The maximum absolute atomic E-state index is 14.7. The highest BCUT2D eigenvalue weighted by Crippen LogP contribution is 2.35. The van der Waals surface area contributed by atoms with Crippen LogP contribution >= 0.6 is 0 Å². The minimum atomic E-state index is -0.557. The lowest BCUT2D eigenvalue weighted by atomic mass is 10.0. The van der Waals surface area contributed by atoms with Gasteiger partial charge in [-0.25, -0.2) is 19.3 Å². The Morgan fingerprint density at radius 1 is 1.10 bits per heavy atom. The van der Waals surface area contributed by atoms with Crippen LogP contribution in [0.15, 0.2) is 41.1 Å². The van der Waals surface area contributed by atoms with Crippen LogP contribution in [-0.2, 0) is 0 Å². The van der Waals surface area contributed by atoms with E-state index in [9.17, 15) is 9.18 Å². The van der Waals surface area contributed by atoms with E-state index >= 15 is 0 Å². The van der Waals surface area contributed by atoms with Gasteiger partial charge in [0.1, 0.15) is 12.1 Å². The molecule has 2 fully saturated rings. The molecule has 2 saturated heterocycles. The van der Waals surface area contributed by atoms with Gasteiger partial charge in [0.2, 0.25) is 11.8 Å². The van der Waals surface area contributed by atoms with Crippen molar-refractivity contribution in [1.82, 2.24) is 19.9 Å². The van der Waals surface area contributed by atoms with E-state index in [2.05, 4.69) is 19.9 Å². The van der Waals surface area contributed by atoms with Gasteiger partial charge in [-0.05, 0) is 32.0 Å². The number of hydrogen-bond acceptors (Lipinski definition) is 6. The summed E-state index contributed by atoms with van der Waals surface area (Å²) in [6.45, 7) is 6.70. The van der Waals surface area contributed by atoms with Crippen LogP contribution in [0.5, 0.6) is 0 Å². The van der Waals surface area contributed by atoms with Gasteiger partial charge in [0.15, 0.2) is 0 Å². The number of likely N-dealkylation sites (tertiary alicyclic amines) is 1. The van der Waals surface area contributed by atoms with Crippen LogP contribution in [-0.4, -0.2) is 51.9 Å². The van der Waals surface area contributed by atoms with Gasteiger partial charge in [-0.2, -0.15) is 0 Å². The van der Waals surface area contributed by atoms with Crippen molar-refractivity contribution in [2.45, 2.75) is 13.8 Å². The van der Waals surface area contributed by atoms with Gasteiger partial charge in [0, 0.05) is 49.4 Å². The summed E-state index contributed by atoms with van der Waals surface area (Å²) in [5.74, 6) is 0.754. The number of benzene rings is 1. The van der Waals surface area contributed by atoms with Crippen LogP contribution in [0, 0.1) is 31.5 Å². The molecular weight excluding hydrogens is 385 g/mol. The molecule has 30 heavy (non-hydrogen) atoms. The Balaban J connectivity index is 1.35. The molecule has 0 spiro atoms. The summed E-state index contributed by atoms with van der Waals surface area (Å²) in [5, 5.41) is 0. The predicted octanol–water partition coefficient (Wildman–Crippen LogP) is 3.10. The highest BCUT2D eigenvalue weighted by Gasteiger charge is 2.43. The fourth-order valence-corrected chi connectivity index (χ4v) is 4.61. The number of amides is 1. The Bertz CT molecular complexity index is 1070. The average molecular weight is 407 g/mol. The van der Waals surface area contributed by atoms with Crippen molar-refractivity contribution in [2.24, 2.45) is 11.8 Å². The number of carbonyl (C=O) groups is 1. The molecular formula is C22H22FN5O2. The lowest BCUT2D eigenvalue weighted by molar-refractivity contribution is 0.0778. The van der Waals surface area contributed by atoms with Crippen molar-refractivity contribution in [3.05, 3.63) is 59.5 Å². The van der Waals surface area contributed by atoms with E-state index in [4.69, 9.17) is 4.42 Å². The summed E-state index contributed by atoms with van der Waals surface area (Å²) in [4.78, 5) is 30.4. The van der Waals surface area contributed by atoms with Crippen LogP contribution in [0.4, 0.5) is 10.3 Å². The van der Waals surface area contributed by atoms with E-state index in [1.54, 1.807) is 17.0 Å². The molecule has 3 aromatic rings. The first-order valence-electron chi connectivity index (χ1n) is 10.0. The summed E-state index contributed by atoms with van der Waals surface area (Å²) < 4.78 is 20.0. The molecule has 1 amide bonds. The first kappa shape index (κ1) is 18.7. The smallest absolute Gasteiger partial charge is 0.257 e. The number of carbonyl (C=O) groups excluding carboxylic acids is 1. The first-order chi connectivity index (χ1) is 14.5. The normalized spacial score (nSPS) is 20.6. The Kier molecular flexibility index (Phi) is 4.49. The van der Waals surface area contributed by atoms with Crippen molar-refractivity contribution in [3.8, 4) is 11.5 Å². The predicted molar refractivity (Wildman–Crippen MR) is 108 cm³/mol. The first-order valence-corrected chi connectivity index (χ1v) is 10.0. The zero-order valence-electron chi connectivity index (χ0n) is 16.9. The van der Waals surface area contributed by atoms with E-state index < -0.39 is 5.82 Å². The minimum Gasteiger partial charge on any atom is -0.445 e. The monoisotopic (exact) mass is 407 g/mol. The van der Waals surface area contributed by atoms with Crippen LogP contribution in [0.25, 0.3) is 11.5 Å². The standard InChI is InChI=1S/C22H22FN5O2/c1-13-8-14(2)26-22(25-13)28-11-15-9-27(10-16(15)12-28)21(29)19-17(4-3-5-18(19)23)20-24-6-7-30-20/h3-8,15-16H,9-12H2,1-2H3. The SMILES string of the molecule is Cc1cc(C)nc(N2CC3CN(C(=O)c4c(F)cccc4-c4ncco4)CC3C2)n1. The molecule has 8 heteroatoms. The van der Waals surface area contributed by atoms with E-state index in [0.29, 0.717) is 30.5 Å². The molecule has 0 saturated carbocycles. The second-order valence-electron chi connectivity index (χ2n) is 8.09. The molecule has 5 rings (SSSR count). The average Bonchev–Trinajstić information content (AvgIpc) is 3.43. The maximum atomic E-state index is 14.7. The van der Waals surface area contributed by atoms with E-state index in [-0.39, 0.29) is 17.4 Å². The molecule has 0 aliphatic carbocycles. The lowest BCUT2D eigenvalue weighted by Crippen LogP contribution is -2.34. The van der Waals surface area contributed by atoms with Gasteiger partial charge in [-0.15, -0.1) is 0 Å². The number of nitrogens with zero attached hydrogens (tertiary/aromatic N) is 5. The van der Waals surface area contributed by atoms with Crippen LogP contribution in [0.3, 0.4) is 0 Å². The topological polar surface area (TPSA) is 75.4 Å². The van der Waals surface area contributed by atoms with Crippen molar-refractivity contribution in [3.63, 3.8) is 0 Å². The third kappa shape index (κ3) is 3.22. The number of aromatic nitrogens is 3. The summed E-state index contributed by atoms with van der Waals surface area (Å²) in [7, 11) is 0. The Morgan fingerprint density at radius 2 is 1.80 bits per heavy atom. The Hall–Kier alpha value is -3.29. The molecule has 1 aromatic carbocycles. The highest BCUT2D eigenvalue weighted by atomic mass is 19.1. The number of aryl methyl sites for hydroxylation is 2. The zero-order chi connectivity index (χ0) is 20.8. The number of hydrogen-bond donors (Lipinski definition) is 0. The lowest BCUT2D eigenvalue weighted by Gasteiger charge is -2.23. The summed E-state index contributed by atoms with van der Waals surface area (Å²) in [5.41, 5.74) is 2.30. The largest absolute Gasteiger partial charge is 0.445 e. The second-order valence-corrected chi connectivity index (χ2v) is 8.09. The zero-order valence-corrected chi connectivity index (χ0v) is 16.9. The number of oxazole rings is 1. The molecule has 2 aromatic heterocycles. The number of halogens is 1. The molecule has 2 aliphatic heterocycles. The molecule has 0 N–H and O–H groups in total. The number of rotatable bonds is 3. The maximum Gasteiger partial charge on any atom is 0.257 e. The van der Waals surface area contributed by atoms with Crippen molar-refractivity contribution in [1.29, 1.82) is 0 Å². The van der Waals surface area contributed by atoms with E-state index in [0.717, 1.165) is 30.4 Å². The molecule has 2 aliphatic rings. The quantitative estimate of drug-likeness (QED) is 0.664. The minimum absolute atomic E-state index is 0.0226. The molecule has 0 bridgehead atoms. The van der Waals surface area contributed by atoms with Gasteiger partial charge in [0.05, 0.1) is 17.3 Å². The number of fused-ring (bicyclic) bond motifs is 1. The number of anilines is 1. The van der Waals surface area contributed by atoms with Crippen molar-refractivity contribution in [2.75, 3.05) is 31.1 Å². The summed E-state index contributed by atoms with van der Waals surface area (Å²) >= 11 is 0. The van der Waals surface area contributed by atoms with Gasteiger partial charge < -0.3 is 14.2 Å². The van der Waals surface area contributed by atoms with Gasteiger partial charge in [0.25, 0.3) is 5.91 Å². The van der Waals surface area contributed by atoms with Crippen LogP contribution in [0.2, 0.25) is 0 Å². The molecule has 2 atom stereocenters. The molecule has 7 nitrogen and oxygen atoms in total. The Labute approximate surface area is 173 Å². The van der Waals surface area contributed by atoms with E-state index in [1.807, 2.05) is 19.9 Å². The van der Waals surface area contributed by atoms with Crippen LogP contribution in [0.1, 0.15) is 21.7 Å². The fraction of sp³-hybridized carbons (Fsp3) is 0.364. The molecule has 4 heterocycles. The Morgan fingerprint density at radius 3 is 2.43 bits per heavy atom. The van der Waals surface area contributed by atoms with Gasteiger partial charge >= 0.3 is 0 Å². The van der Waals surface area contributed by atoms with Crippen LogP contribution < -0.4 is 4.90 Å².